The molecule has 0 radical (unpaired) electrons. The van der Waals surface area contributed by atoms with E-state index in [1.165, 1.54) is 5.56 Å². The number of primary amides is 1. The van der Waals surface area contributed by atoms with Gasteiger partial charge in [-0.1, -0.05) is 71.1 Å². The summed E-state index contributed by atoms with van der Waals surface area (Å²) >= 11 is 0. The van der Waals surface area contributed by atoms with Crippen LogP contribution in [0.4, 0.5) is 0 Å². The lowest BCUT2D eigenvalue weighted by atomic mass is 10.1. The molecule has 8 nitrogen and oxygen atoms in total. The number of rotatable bonds is 9. The molecule has 1 atom stereocenters. The van der Waals surface area contributed by atoms with Crippen LogP contribution in [0.1, 0.15) is 22.9 Å². The van der Waals surface area contributed by atoms with Crippen LogP contribution in [0.5, 0.6) is 5.75 Å². The molecular formula is C27H28N6O2. The summed E-state index contributed by atoms with van der Waals surface area (Å²) in [6, 6.07) is 26.3. The minimum absolute atomic E-state index is 0.0927. The molecule has 4 aromatic rings. The molecule has 0 bridgehead atoms. The summed E-state index contributed by atoms with van der Waals surface area (Å²) < 4.78 is 7.98. The number of hydrogen-bond donors (Lipinski definition) is 1. The van der Waals surface area contributed by atoms with Gasteiger partial charge in [0.1, 0.15) is 18.9 Å². The lowest BCUT2D eigenvalue weighted by Crippen LogP contribution is -2.29. The maximum atomic E-state index is 11.8. The second-order valence-corrected chi connectivity index (χ2v) is 8.66. The summed E-state index contributed by atoms with van der Waals surface area (Å²) in [6.45, 7) is 1.27. The molecular weight excluding hydrogens is 440 g/mol. The van der Waals surface area contributed by atoms with Crippen molar-refractivity contribution in [2.45, 2.75) is 25.7 Å². The summed E-state index contributed by atoms with van der Waals surface area (Å²) in [5.41, 5.74) is 9.78. The monoisotopic (exact) mass is 468 g/mol. The Balaban J connectivity index is 1.46. The van der Waals surface area contributed by atoms with Gasteiger partial charge in [0.05, 0.1) is 0 Å². The van der Waals surface area contributed by atoms with Crippen molar-refractivity contribution in [1.82, 2.24) is 14.6 Å². The van der Waals surface area contributed by atoms with E-state index in [4.69, 9.17) is 10.5 Å². The Labute approximate surface area is 204 Å². The smallest absolute Gasteiger partial charge is 0.237 e. The van der Waals surface area contributed by atoms with Gasteiger partial charge in [-0.05, 0) is 35.7 Å². The van der Waals surface area contributed by atoms with Gasteiger partial charge in [0.15, 0.2) is 6.17 Å². The predicted octanol–water partition coefficient (Wildman–Crippen LogP) is 4.48. The van der Waals surface area contributed by atoms with E-state index in [-0.39, 0.29) is 12.7 Å². The fraction of sp³-hybridized carbons (Fsp3) is 0.222. The van der Waals surface area contributed by atoms with Crippen LogP contribution in [0.3, 0.4) is 0 Å². The molecule has 0 fully saturated rings. The SMILES string of the molecule is CN1N=NN(CCc2ccccc2)C1c1cn(CC(N)=O)c2ccc(OCc3ccccc3)cc12. The number of carbonyl (C=O) groups excluding carboxylic acids is 1. The highest BCUT2D eigenvalue weighted by atomic mass is 16.5. The first-order valence-electron chi connectivity index (χ1n) is 11.6. The minimum atomic E-state index is -0.395. The molecule has 2 N–H and O–H groups in total. The average molecular weight is 469 g/mol. The largest absolute Gasteiger partial charge is 0.489 e. The molecule has 2 heterocycles. The number of amides is 1. The molecule has 8 heteroatoms. The first-order chi connectivity index (χ1) is 17.1. The Hall–Kier alpha value is -4.33. The Bertz CT molecular complexity index is 1340. The van der Waals surface area contributed by atoms with Crippen LogP contribution in [0.15, 0.2) is 95.5 Å². The molecule has 0 saturated carbocycles. The quantitative estimate of drug-likeness (QED) is 0.392. The second kappa shape index (κ2) is 9.89. The molecule has 178 valence electrons. The van der Waals surface area contributed by atoms with Gasteiger partial charge in [0.25, 0.3) is 0 Å². The van der Waals surface area contributed by atoms with Crippen LogP contribution in [0, 0.1) is 0 Å². The predicted molar refractivity (Wildman–Crippen MR) is 134 cm³/mol. The van der Waals surface area contributed by atoms with Crippen LogP contribution in [0.25, 0.3) is 10.9 Å². The van der Waals surface area contributed by atoms with Crippen LogP contribution < -0.4 is 10.5 Å². The topological polar surface area (TPSA) is 88.5 Å². The number of ether oxygens (including phenoxy) is 1. The molecule has 1 aliphatic rings. The zero-order valence-corrected chi connectivity index (χ0v) is 19.6. The number of aromatic nitrogens is 1. The standard InChI is InChI=1S/C27H28N6O2/c1-31-27(33(30-29-31)15-14-20-8-4-2-5-9-20)24-17-32(18-26(28)34)25-13-12-22(16-23(24)25)35-19-21-10-6-3-7-11-21/h2-13,16-17,27H,14-15,18-19H2,1H3,(H2,28,34). The molecule has 35 heavy (non-hydrogen) atoms. The number of benzene rings is 3. The lowest BCUT2D eigenvalue weighted by Gasteiger charge is -2.25. The van der Waals surface area contributed by atoms with Crippen molar-refractivity contribution < 1.29 is 9.53 Å². The summed E-state index contributed by atoms with van der Waals surface area (Å²) in [5, 5.41) is 13.5. The first kappa shape index (κ1) is 22.5. The van der Waals surface area contributed by atoms with Crippen LogP contribution in [-0.2, 0) is 24.4 Å². The van der Waals surface area contributed by atoms with Gasteiger partial charge in [-0.25, -0.2) is 5.01 Å². The third-order valence-corrected chi connectivity index (χ3v) is 6.14. The van der Waals surface area contributed by atoms with Gasteiger partial charge < -0.3 is 15.0 Å². The molecule has 0 aliphatic carbocycles. The molecule has 0 saturated heterocycles. The van der Waals surface area contributed by atoms with Gasteiger partial charge in [-0.2, -0.15) is 0 Å². The van der Waals surface area contributed by atoms with E-state index in [2.05, 4.69) is 22.6 Å². The van der Waals surface area contributed by atoms with Crippen molar-refractivity contribution in [2.75, 3.05) is 13.6 Å². The third kappa shape index (κ3) is 4.96. The van der Waals surface area contributed by atoms with E-state index in [1.807, 2.05) is 94.6 Å². The Morgan fingerprint density at radius 2 is 1.69 bits per heavy atom. The molecule has 0 spiro atoms. The third-order valence-electron chi connectivity index (χ3n) is 6.14. The van der Waals surface area contributed by atoms with Gasteiger partial charge in [0.2, 0.25) is 5.91 Å². The molecule has 1 unspecified atom stereocenters. The van der Waals surface area contributed by atoms with Crippen LogP contribution in [-0.4, -0.2) is 34.1 Å². The highest BCUT2D eigenvalue weighted by Gasteiger charge is 2.31. The molecule has 1 aliphatic heterocycles. The molecule has 5 rings (SSSR count). The van der Waals surface area contributed by atoms with Crippen molar-refractivity contribution in [1.29, 1.82) is 0 Å². The Morgan fingerprint density at radius 1 is 0.971 bits per heavy atom. The van der Waals surface area contributed by atoms with Crippen molar-refractivity contribution in [2.24, 2.45) is 16.2 Å². The fourth-order valence-corrected chi connectivity index (χ4v) is 4.46. The summed E-state index contributed by atoms with van der Waals surface area (Å²) in [7, 11) is 1.91. The Morgan fingerprint density at radius 3 is 2.40 bits per heavy atom. The maximum Gasteiger partial charge on any atom is 0.237 e. The van der Waals surface area contributed by atoms with Crippen molar-refractivity contribution >= 4 is 16.8 Å². The fourth-order valence-electron chi connectivity index (χ4n) is 4.46. The van der Waals surface area contributed by atoms with E-state index < -0.39 is 5.91 Å². The van der Waals surface area contributed by atoms with E-state index in [1.54, 1.807) is 0 Å². The summed E-state index contributed by atoms with van der Waals surface area (Å²) in [6.07, 6.45) is 2.61. The van der Waals surface area contributed by atoms with Gasteiger partial charge in [0, 0.05) is 36.3 Å². The van der Waals surface area contributed by atoms with E-state index in [0.717, 1.165) is 34.2 Å². The average Bonchev–Trinajstić information content (AvgIpc) is 3.41. The summed E-state index contributed by atoms with van der Waals surface area (Å²) in [5.74, 6) is 0.359. The van der Waals surface area contributed by atoms with E-state index in [9.17, 15) is 4.79 Å². The van der Waals surface area contributed by atoms with Gasteiger partial charge in [-0.3, -0.25) is 9.80 Å². The van der Waals surface area contributed by atoms with Gasteiger partial charge >= 0.3 is 0 Å². The minimum Gasteiger partial charge on any atom is -0.489 e. The van der Waals surface area contributed by atoms with Crippen LogP contribution in [0.2, 0.25) is 0 Å². The Kier molecular flexibility index (Phi) is 6.34. The van der Waals surface area contributed by atoms with Gasteiger partial charge in [-0.15, -0.1) is 0 Å². The number of fused-ring (bicyclic) bond motifs is 1. The van der Waals surface area contributed by atoms with E-state index in [0.29, 0.717) is 13.2 Å². The van der Waals surface area contributed by atoms with Crippen molar-refractivity contribution in [3.63, 3.8) is 0 Å². The maximum absolute atomic E-state index is 11.8. The second-order valence-electron chi connectivity index (χ2n) is 8.66. The normalized spacial score (nSPS) is 15.2. The van der Waals surface area contributed by atoms with E-state index >= 15 is 0 Å². The molecule has 1 amide bonds. The highest BCUT2D eigenvalue weighted by Crippen LogP contribution is 2.37. The zero-order chi connectivity index (χ0) is 24.2. The van der Waals surface area contributed by atoms with Crippen molar-refractivity contribution in [3.8, 4) is 5.75 Å². The van der Waals surface area contributed by atoms with Crippen molar-refractivity contribution in [3.05, 3.63) is 102 Å². The summed E-state index contributed by atoms with van der Waals surface area (Å²) in [4.78, 5) is 11.8. The highest BCUT2D eigenvalue weighted by molar-refractivity contribution is 5.87. The lowest BCUT2D eigenvalue weighted by molar-refractivity contribution is -0.118. The first-order valence-corrected chi connectivity index (χ1v) is 11.6. The molecule has 3 aromatic carbocycles. The number of nitrogens with two attached hydrogens (primary N) is 1. The van der Waals surface area contributed by atoms with Crippen LogP contribution >= 0.6 is 0 Å². The molecule has 1 aromatic heterocycles. The zero-order valence-electron chi connectivity index (χ0n) is 19.6. The number of carbonyl (C=O) groups is 1. The number of hydrogen-bond acceptors (Lipinski definition) is 6. The number of nitrogens with zero attached hydrogens (tertiary/aromatic N) is 5.